The largest absolute Gasteiger partial charge is 0.497 e. The van der Waals surface area contributed by atoms with Gasteiger partial charge in [-0.05, 0) is 31.5 Å². The fourth-order valence-electron chi connectivity index (χ4n) is 1.58. The minimum Gasteiger partial charge on any atom is -0.497 e. The van der Waals surface area contributed by atoms with Gasteiger partial charge in [-0.3, -0.25) is 4.79 Å². The van der Waals surface area contributed by atoms with Gasteiger partial charge in [0, 0.05) is 13.1 Å². The maximum Gasteiger partial charge on any atom is 0.239 e. The Kier molecular flexibility index (Phi) is 7.39. The summed E-state index contributed by atoms with van der Waals surface area (Å²) in [6, 6.07) is 7.23. The van der Waals surface area contributed by atoms with Crippen molar-refractivity contribution in [2.75, 3.05) is 13.7 Å². The van der Waals surface area contributed by atoms with E-state index in [4.69, 9.17) is 10.5 Å². The third-order valence-electron chi connectivity index (χ3n) is 2.62. The van der Waals surface area contributed by atoms with Crippen LogP contribution in [0, 0.1) is 0 Å². The molecule has 0 radical (unpaired) electrons. The Morgan fingerprint density at radius 3 is 2.33 bits per heavy atom. The van der Waals surface area contributed by atoms with Crippen LogP contribution in [0.5, 0.6) is 5.75 Å². The molecule has 0 heterocycles. The second-order valence-corrected chi connectivity index (χ2v) is 3.99. The number of carbonyl (C=O) groups is 1. The molecule has 0 unspecified atom stereocenters. The average Bonchev–Trinajstić information content (AvgIpc) is 2.35. The number of hydrogen-bond acceptors (Lipinski definition) is 3. The average molecular weight is 273 g/mol. The molecule has 0 aliphatic rings. The van der Waals surface area contributed by atoms with Gasteiger partial charge < -0.3 is 15.4 Å². The van der Waals surface area contributed by atoms with Crippen molar-refractivity contribution < 1.29 is 9.53 Å². The maximum absolute atomic E-state index is 11.8. The first-order valence-corrected chi connectivity index (χ1v) is 5.75. The number of rotatable bonds is 5. The molecule has 0 bridgehead atoms. The molecule has 18 heavy (non-hydrogen) atoms. The fraction of sp³-hybridized carbons (Fsp3) is 0.462. The van der Waals surface area contributed by atoms with Crippen molar-refractivity contribution in [3.8, 4) is 5.75 Å². The van der Waals surface area contributed by atoms with Crippen LogP contribution in [0.1, 0.15) is 19.4 Å². The van der Waals surface area contributed by atoms with Crippen LogP contribution in [0.4, 0.5) is 0 Å². The van der Waals surface area contributed by atoms with E-state index in [1.807, 2.05) is 31.2 Å². The molecule has 1 atom stereocenters. The number of halogens is 1. The number of hydrogen-bond donors (Lipinski definition) is 1. The van der Waals surface area contributed by atoms with E-state index in [1.54, 1.807) is 18.9 Å². The highest BCUT2D eigenvalue weighted by atomic mass is 35.5. The second kappa shape index (κ2) is 7.95. The molecule has 1 rings (SSSR count). The molecule has 0 fully saturated rings. The van der Waals surface area contributed by atoms with Gasteiger partial charge in [-0.2, -0.15) is 0 Å². The first-order valence-electron chi connectivity index (χ1n) is 5.75. The molecular formula is C13H21ClN2O2. The van der Waals surface area contributed by atoms with Crippen molar-refractivity contribution in [3.05, 3.63) is 29.8 Å². The molecule has 4 nitrogen and oxygen atoms in total. The molecule has 2 N–H and O–H groups in total. The summed E-state index contributed by atoms with van der Waals surface area (Å²) < 4.78 is 5.09. The standard InChI is InChI=1S/C13H20N2O2.ClH/c1-4-15(13(16)10(2)14)9-11-5-7-12(17-3)8-6-11;/h5-8,10H,4,9,14H2,1-3H3;1H/t10-;/m1./s1. The van der Waals surface area contributed by atoms with E-state index in [0.29, 0.717) is 13.1 Å². The Morgan fingerprint density at radius 1 is 1.39 bits per heavy atom. The van der Waals surface area contributed by atoms with E-state index in [1.165, 1.54) is 0 Å². The minimum atomic E-state index is -0.451. The molecule has 0 aromatic heterocycles. The Balaban J connectivity index is 0.00000289. The summed E-state index contributed by atoms with van der Waals surface area (Å²) in [4.78, 5) is 13.5. The number of amides is 1. The number of likely N-dealkylation sites (N-methyl/N-ethyl adjacent to an activating group) is 1. The van der Waals surface area contributed by atoms with E-state index >= 15 is 0 Å². The predicted molar refractivity (Wildman–Crippen MR) is 75.0 cm³/mol. The lowest BCUT2D eigenvalue weighted by molar-refractivity contribution is -0.132. The molecule has 1 aromatic rings. The molecule has 102 valence electrons. The summed E-state index contributed by atoms with van der Waals surface area (Å²) in [6.07, 6.45) is 0. The van der Waals surface area contributed by atoms with E-state index < -0.39 is 6.04 Å². The van der Waals surface area contributed by atoms with Crippen LogP contribution >= 0.6 is 12.4 Å². The maximum atomic E-state index is 11.8. The highest BCUT2D eigenvalue weighted by Crippen LogP contribution is 2.13. The number of ether oxygens (including phenoxy) is 1. The van der Waals surface area contributed by atoms with Gasteiger partial charge in [0.2, 0.25) is 5.91 Å². The molecule has 0 aliphatic carbocycles. The molecule has 5 heteroatoms. The normalized spacial score (nSPS) is 11.3. The Morgan fingerprint density at radius 2 is 1.94 bits per heavy atom. The van der Waals surface area contributed by atoms with E-state index in [-0.39, 0.29) is 18.3 Å². The zero-order chi connectivity index (χ0) is 12.8. The predicted octanol–water partition coefficient (Wildman–Crippen LogP) is 1.81. The quantitative estimate of drug-likeness (QED) is 0.889. The summed E-state index contributed by atoms with van der Waals surface area (Å²) in [5.41, 5.74) is 6.67. The van der Waals surface area contributed by atoms with Crippen molar-refractivity contribution in [1.82, 2.24) is 4.90 Å². The molecule has 0 spiro atoms. The van der Waals surface area contributed by atoms with Crippen LogP contribution in [0.15, 0.2) is 24.3 Å². The van der Waals surface area contributed by atoms with Crippen molar-refractivity contribution in [1.29, 1.82) is 0 Å². The highest BCUT2D eigenvalue weighted by molar-refractivity contribution is 5.85. The number of carbonyl (C=O) groups excluding carboxylic acids is 1. The SMILES string of the molecule is CCN(Cc1ccc(OC)cc1)C(=O)[C@@H](C)N.Cl. The van der Waals surface area contributed by atoms with Crippen LogP contribution in [0.3, 0.4) is 0 Å². The summed E-state index contributed by atoms with van der Waals surface area (Å²) in [5, 5.41) is 0. The second-order valence-electron chi connectivity index (χ2n) is 3.99. The molecule has 0 saturated carbocycles. The lowest BCUT2D eigenvalue weighted by Crippen LogP contribution is -2.41. The first kappa shape index (κ1) is 16.7. The first-order chi connectivity index (χ1) is 8.08. The molecule has 1 amide bonds. The number of nitrogens with zero attached hydrogens (tertiary/aromatic N) is 1. The lowest BCUT2D eigenvalue weighted by atomic mass is 10.2. The van der Waals surface area contributed by atoms with E-state index in [9.17, 15) is 4.79 Å². The highest BCUT2D eigenvalue weighted by Gasteiger charge is 2.15. The van der Waals surface area contributed by atoms with Gasteiger partial charge in [-0.25, -0.2) is 0 Å². The van der Waals surface area contributed by atoms with Gasteiger partial charge in [0.25, 0.3) is 0 Å². The summed E-state index contributed by atoms with van der Waals surface area (Å²) in [6.45, 7) is 4.90. The van der Waals surface area contributed by atoms with Gasteiger partial charge in [0.05, 0.1) is 13.2 Å². The van der Waals surface area contributed by atoms with Crippen LogP contribution in [0.2, 0.25) is 0 Å². The Bertz CT molecular complexity index is 366. The number of methoxy groups -OCH3 is 1. The third-order valence-corrected chi connectivity index (χ3v) is 2.62. The summed E-state index contributed by atoms with van der Waals surface area (Å²) >= 11 is 0. The van der Waals surface area contributed by atoms with Gasteiger partial charge >= 0.3 is 0 Å². The van der Waals surface area contributed by atoms with Crippen LogP contribution in [-0.2, 0) is 11.3 Å². The molecular weight excluding hydrogens is 252 g/mol. The fourth-order valence-corrected chi connectivity index (χ4v) is 1.58. The topological polar surface area (TPSA) is 55.6 Å². The molecule has 1 aromatic carbocycles. The number of nitrogens with two attached hydrogens (primary N) is 1. The van der Waals surface area contributed by atoms with Crippen molar-refractivity contribution in [2.24, 2.45) is 5.73 Å². The summed E-state index contributed by atoms with van der Waals surface area (Å²) in [5.74, 6) is 0.790. The summed E-state index contributed by atoms with van der Waals surface area (Å²) in [7, 11) is 1.63. The number of benzene rings is 1. The Hall–Kier alpha value is -1.26. The van der Waals surface area contributed by atoms with Crippen molar-refractivity contribution in [2.45, 2.75) is 26.4 Å². The van der Waals surface area contributed by atoms with Crippen molar-refractivity contribution >= 4 is 18.3 Å². The minimum absolute atomic E-state index is 0. The molecule has 0 saturated heterocycles. The van der Waals surface area contributed by atoms with Crippen LogP contribution in [-0.4, -0.2) is 30.5 Å². The van der Waals surface area contributed by atoms with Crippen molar-refractivity contribution in [3.63, 3.8) is 0 Å². The Labute approximate surface area is 115 Å². The van der Waals surface area contributed by atoms with Gasteiger partial charge in [-0.15, -0.1) is 12.4 Å². The smallest absolute Gasteiger partial charge is 0.239 e. The zero-order valence-corrected chi connectivity index (χ0v) is 11.9. The third kappa shape index (κ3) is 4.55. The molecule has 0 aliphatic heterocycles. The zero-order valence-electron chi connectivity index (χ0n) is 11.1. The van der Waals surface area contributed by atoms with Crippen LogP contribution < -0.4 is 10.5 Å². The van der Waals surface area contributed by atoms with E-state index in [0.717, 1.165) is 11.3 Å². The van der Waals surface area contributed by atoms with Gasteiger partial charge in [-0.1, -0.05) is 12.1 Å². The monoisotopic (exact) mass is 272 g/mol. The lowest BCUT2D eigenvalue weighted by Gasteiger charge is -2.22. The van der Waals surface area contributed by atoms with Gasteiger partial charge in [0.15, 0.2) is 0 Å². The van der Waals surface area contributed by atoms with Crippen LogP contribution in [0.25, 0.3) is 0 Å². The van der Waals surface area contributed by atoms with E-state index in [2.05, 4.69) is 0 Å². The van der Waals surface area contributed by atoms with Gasteiger partial charge in [0.1, 0.15) is 5.75 Å².